The van der Waals surface area contributed by atoms with Crippen molar-refractivity contribution in [3.8, 4) is 34.0 Å². The number of carbonyl (C=O) groups is 1. The topological polar surface area (TPSA) is 122 Å². The Morgan fingerprint density at radius 1 is 0.897 bits per heavy atom. The maximum Gasteiger partial charge on any atom is 0.341 e. The van der Waals surface area contributed by atoms with Crippen molar-refractivity contribution in [1.29, 1.82) is 0 Å². The van der Waals surface area contributed by atoms with E-state index in [9.17, 15) is 4.79 Å². The molecule has 39 heavy (non-hydrogen) atoms. The highest BCUT2D eigenvalue weighted by Gasteiger charge is 2.16. The number of H-pyrrole nitrogens is 1. The zero-order valence-electron chi connectivity index (χ0n) is 20.9. The molecule has 0 aliphatic heterocycles. The van der Waals surface area contributed by atoms with E-state index in [0.717, 1.165) is 33.3 Å². The Kier molecular flexibility index (Phi) is 6.22. The number of nitrogens with one attached hydrogen (secondary N) is 2. The first-order chi connectivity index (χ1) is 19.1. The SMILES string of the molecule is COc1cc2nc(-c3cccc(-c4ccccc4)c3)nc(Nc3ccc4[nH]ncc4c3)c2cc1OCC(=O)O. The Balaban J connectivity index is 1.50. The monoisotopic (exact) mass is 517 g/mol. The Morgan fingerprint density at radius 3 is 2.54 bits per heavy atom. The second kappa shape index (κ2) is 10.1. The lowest BCUT2D eigenvalue weighted by Gasteiger charge is -2.15. The molecule has 9 nitrogen and oxygen atoms in total. The van der Waals surface area contributed by atoms with Gasteiger partial charge in [0.2, 0.25) is 0 Å². The van der Waals surface area contributed by atoms with Crippen molar-refractivity contribution >= 4 is 39.3 Å². The van der Waals surface area contributed by atoms with Crippen molar-refractivity contribution in [2.75, 3.05) is 19.0 Å². The molecule has 0 saturated carbocycles. The zero-order chi connectivity index (χ0) is 26.8. The van der Waals surface area contributed by atoms with Crippen LogP contribution in [0.2, 0.25) is 0 Å². The number of hydrogen-bond donors (Lipinski definition) is 3. The Hall–Kier alpha value is -5.44. The minimum absolute atomic E-state index is 0.281. The number of fused-ring (bicyclic) bond motifs is 2. The lowest BCUT2D eigenvalue weighted by molar-refractivity contribution is -0.139. The molecule has 0 aliphatic rings. The molecule has 9 heteroatoms. The van der Waals surface area contributed by atoms with E-state index in [-0.39, 0.29) is 5.75 Å². The average Bonchev–Trinajstić information content (AvgIpc) is 3.44. The second-order valence-electron chi connectivity index (χ2n) is 8.84. The van der Waals surface area contributed by atoms with Crippen LogP contribution in [0.25, 0.3) is 44.3 Å². The quantitative estimate of drug-likeness (QED) is 0.223. The van der Waals surface area contributed by atoms with Crippen molar-refractivity contribution < 1.29 is 19.4 Å². The van der Waals surface area contributed by atoms with Crippen LogP contribution in [0.5, 0.6) is 11.5 Å². The van der Waals surface area contributed by atoms with Crippen molar-refractivity contribution in [3.63, 3.8) is 0 Å². The van der Waals surface area contributed by atoms with E-state index in [1.165, 1.54) is 7.11 Å². The smallest absolute Gasteiger partial charge is 0.341 e. The largest absolute Gasteiger partial charge is 0.493 e. The van der Waals surface area contributed by atoms with Crippen LogP contribution in [0.1, 0.15) is 0 Å². The van der Waals surface area contributed by atoms with Gasteiger partial charge >= 0.3 is 5.97 Å². The number of hydrogen-bond acceptors (Lipinski definition) is 7. The summed E-state index contributed by atoms with van der Waals surface area (Å²) in [5.41, 5.74) is 5.31. The van der Waals surface area contributed by atoms with Crippen molar-refractivity contribution in [1.82, 2.24) is 20.2 Å². The lowest BCUT2D eigenvalue weighted by atomic mass is 10.0. The molecule has 4 aromatic carbocycles. The van der Waals surface area contributed by atoms with Crippen LogP contribution in [-0.4, -0.2) is 45.0 Å². The van der Waals surface area contributed by atoms with Gasteiger partial charge in [0.15, 0.2) is 23.9 Å². The number of nitrogens with zero attached hydrogens (tertiary/aromatic N) is 3. The van der Waals surface area contributed by atoms with Crippen LogP contribution in [0, 0.1) is 0 Å². The van der Waals surface area contributed by atoms with Crippen LogP contribution in [0.3, 0.4) is 0 Å². The molecule has 3 N–H and O–H groups in total. The summed E-state index contributed by atoms with van der Waals surface area (Å²) in [4.78, 5) is 20.9. The first kappa shape index (κ1) is 23.9. The van der Waals surface area contributed by atoms with Crippen molar-refractivity contribution in [3.05, 3.63) is 91.1 Å². The van der Waals surface area contributed by atoms with Gasteiger partial charge in [-0.2, -0.15) is 5.10 Å². The fraction of sp³-hybridized carbons (Fsp3) is 0.0667. The highest BCUT2D eigenvalue weighted by atomic mass is 16.5. The molecule has 6 rings (SSSR count). The molecule has 2 heterocycles. The molecule has 0 amide bonds. The summed E-state index contributed by atoms with van der Waals surface area (Å²) in [6.45, 7) is -0.507. The lowest BCUT2D eigenvalue weighted by Crippen LogP contribution is -2.10. The van der Waals surface area contributed by atoms with Gasteiger partial charge in [-0.1, -0.05) is 48.5 Å². The van der Waals surface area contributed by atoms with Crippen molar-refractivity contribution in [2.45, 2.75) is 0 Å². The Morgan fingerprint density at radius 2 is 1.72 bits per heavy atom. The molecule has 0 saturated heterocycles. The predicted octanol–water partition coefficient (Wildman–Crippen LogP) is 6.06. The summed E-state index contributed by atoms with van der Waals surface area (Å²) >= 11 is 0. The van der Waals surface area contributed by atoms with Gasteiger partial charge in [0.25, 0.3) is 0 Å². The van der Waals surface area contributed by atoms with Gasteiger partial charge in [-0.3, -0.25) is 5.10 Å². The molecule has 192 valence electrons. The fourth-order valence-corrected chi connectivity index (χ4v) is 4.40. The first-order valence-corrected chi connectivity index (χ1v) is 12.2. The summed E-state index contributed by atoms with van der Waals surface area (Å²) < 4.78 is 11.0. The number of carboxylic acid groups (broad SMARTS) is 1. The fourth-order valence-electron chi connectivity index (χ4n) is 4.40. The molecule has 0 aliphatic carbocycles. The van der Waals surface area contributed by atoms with Gasteiger partial charge in [0, 0.05) is 28.1 Å². The number of carboxylic acids is 1. The van der Waals surface area contributed by atoms with Gasteiger partial charge in [0.1, 0.15) is 5.82 Å². The van der Waals surface area contributed by atoms with Crippen LogP contribution < -0.4 is 14.8 Å². The summed E-state index contributed by atoms with van der Waals surface area (Å²) in [5, 5.41) is 21.2. The number of aromatic amines is 1. The second-order valence-corrected chi connectivity index (χ2v) is 8.84. The maximum atomic E-state index is 11.1. The number of aliphatic carboxylic acids is 1. The van der Waals surface area contributed by atoms with E-state index in [1.807, 2.05) is 54.6 Å². The summed E-state index contributed by atoms with van der Waals surface area (Å²) in [6.07, 6.45) is 1.75. The van der Waals surface area contributed by atoms with E-state index >= 15 is 0 Å². The normalized spacial score (nSPS) is 11.0. The van der Waals surface area contributed by atoms with Crippen molar-refractivity contribution in [2.24, 2.45) is 0 Å². The Bertz CT molecular complexity index is 1820. The molecule has 0 bridgehead atoms. The predicted molar refractivity (Wildman–Crippen MR) is 149 cm³/mol. The number of anilines is 2. The molecule has 0 spiro atoms. The zero-order valence-corrected chi connectivity index (χ0v) is 20.9. The standard InChI is InChI=1S/C30H23N5O4/c1-38-26-15-25-23(14-27(26)39-17-28(36)37)30(32-22-10-11-24-21(13-22)16-31-35-24)34-29(33-25)20-9-5-8-19(12-20)18-6-3-2-4-7-18/h2-16H,17H2,1H3,(H,31,35)(H,36,37)(H,32,33,34). The van der Waals surface area contributed by atoms with Gasteiger partial charge in [0.05, 0.1) is 24.3 Å². The van der Waals surface area contributed by atoms with E-state index in [4.69, 9.17) is 24.5 Å². The maximum absolute atomic E-state index is 11.1. The molecule has 0 fully saturated rings. The van der Waals surface area contributed by atoms with Gasteiger partial charge in [-0.05, 0) is 41.5 Å². The van der Waals surface area contributed by atoms with Crippen LogP contribution in [0.4, 0.5) is 11.5 Å². The van der Waals surface area contributed by atoms with E-state index in [1.54, 1.807) is 18.3 Å². The van der Waals surface area contributed by atoms with Crippen LogP contribution in [-0.2, 0) is 4.79 Å². The highest BCUT2D eigenvalue weighted by Crippen LogP contribution is 2.37. The number of ether oxygens (including phenoxy) is 2. The first-order valence-electron chi connectivity index (χ1n) is 12.2. The third-order valence-electron chi connectivity index (χ3n) is 6.26. The number of benzene rings is 4. The molecular weight excluding hydrogens is 494 g/mol. The highest BCUT2D eigenvalue weighted by molar-refractivity contribution is 5.95. The summed E-state index contributed by atoms with van der Waals surface area (Å²) in [7, 11) is 1.50. The van der Waals surface area contributed by atoms with E-state index < -0.39 is 12.6 Å². The van der Waals surface area contributed by atoms with E-state index in [0.29, 0.717) is 28.3 Å². The minimum atomic E-state index is -1.09. The molecule has 6 aromatic rings. The summed E-state index contributed by atoms with van der Waals surface area (Å²) in [5.74, 6) is 0.619. The minimum Gasteiger partial charge on any atom is -0.493 e. The number of methoxy groups -OCH3 is 1. The van der Waals surface area contributed by atoms with Gasteiger partial charge < -0.3 is 19.9 Å². The van der Waals surface area contributed by atoms with E-state index in [2.05, 4.69) is 33.7 Å². The Labute approximate surface area is 223 Å². The summed E-state index contributed by atoms with van der Waals surface area (Å²) in [6, 6.07) is 27.4. The molecule has 0 unspecified atom stereocenters. The van der Waals surface area contributed by atoms with Gasteiger partial charge in [-0.25, -0.2) is 14.8 Å². The third-order valence-corrected chi connectivity index (χ3v) is 6.26. The van der Waals surface area contributed by atoms with Crippen LogP contribution >= 0.6 is 0 Å². The van der Waals surface area contributed by atoms with Gasteiger partial charge in [-0.15, -0.1) is 0 Å². The number of aromatic nitrogens is 4. The molecule has 2 aromatic heterocycles. The van der Waals surface area contributed by atoms with Crippen LogP contribution in [0.15, 0.2) is 91.1 Å². The average molecular weight is 518 g/mol. The molecule has 0 radical (unpaired) electrons. The number of rotatable bonds is 8. The molecular formula is C30H23N5O4. The third kappa shape index (κ3) is 4.93. The molecule has 0 atom stereocenters.